The number of nitrogens with zero attached hydrogens (tertiary/aromatic N) is 1. The van der Waals surface area contributed by atoms with Crippen molar-refractivity contribution in [3.63, 3.8) is 0 Å². The second kappa shape index (κ2) is 9.44. The predicted octanol–water partition coefficient (Wildman–Crippen LogP) is 0.760. The molecular weight excluding hydrogens is 389 g/mol. The van der Waals surface area contributed by atoms with Crippen LogP contribution in [0.25, 0.3) is 0 Å². The number of halogens is 1. The highest BCUT2D eigenvalue weighted by Crippen LogP contribution is 2.25. The van der Waals surface area contributed by atoms with Gasteiger partial charge in [-0.3, -0.25) is 9.59 Å². The van der Waals surface area contributed by atoms with Crippen LogP contribution in [0, 0.1) is 18.7 Å². The van der Waals surface area contributed by atoms with Gasteiger partial charge in [0.15, 0.2) is 0 Å². The van der Waals surface area contributed by atoms with E-state index in [1.807, 2.05) is 13.8 Å². The van der Waals surface area contributed by atoms with Gasteiger partial charge in [0, 0.05) is 13.1 Å². The van der Waals surface area contributed by atoms with E-state index in [1.54, 1.807) is 0 Å². The molecule has 2 rings (SSSR count). The largest absolute Gasteiger partial charge is 0.360 e. The molecule has 1 unspecified atom stereocenters. The molecule has 1 aliphatic rings. The molecule has 1 aromatic rings. The van der Waals surface area contributed by atoms with Gasteiger partial charge in [-0.25, -0.2) is 12.8 Å². The molecule has 0 aromatic heterocycles. The Labute approximate surface area is 164 Å². The number of aryl methyl sites for hydroxylation is 1. The van der Waals surface area contributed by atoms with E-state index in [9.17, 15) is 22.4 Å². The third kappa shape index (κ3) is 5.49. The lowest BCUT2D eigenvalue weighted by Crippen LogP contribution is -2.53. The third-order valence-electron chi connectivity index (χ3n) is 4.19. The van der Waals surface area contributed by atoms with E-state index in [2.05, 4.69) is 10.6 Å². The molecule has 156 valence electrons. The molecule has 10 heteroatoms. The van der Waals surface area contributed by atoms with Crippen molar-refractivity contribution in [1.29, 1.82) is 0 Å². The quantitative estimate of drug-likeness (QED) is 0.668. The fourth-order valence-electron chi connectivity index (χ4n) is 2.77. The highest BCUT2D eigenvalue weighted by atomic mass is 32.2. The number of sulfonamides is 1. The second-order valence-corrected chi connectivity index (χ2v) is 8.88. The lowest BCUT2D eigenvalue weighted by atomic mass is 10.2. The number of carbonyl (C=O) groups excluding carboxylic acids is 2. The van der Waals surface area contributed by atoms with Crippen molar-refractivity contribution in [3.05, 3.63) is 29.6 Å². The van der Waals surface area contributed by atoms with Crippen LogP contribution in [-0.4, -0.2) is 57.0 Å². The molecule has 2 N–H and O–H groups in total. The first kappa shape index (κ1) is 22.3. The molecule has 8 nitrogen and oxygen atoms in total. The summed E-state index contributed by atoms with van der Waals surface area (Å²) in [6, 6.07) is 3.44. The topological polar surface area (TPSA) is 105 Å². The van der Waals surface area contributed by atoms with Crippen LogP contribution in [-0.2, 0) is 24.3 Å². The zero-order valence-corrected chi connectivity index (χ0v) is 17.0. The fraction of sp³-hybridized carbons (Fsp3) is 0.556. The lowest BCUT2D eigenvalue weighted by Gasteiger charge is -2.34. The first-order valence-electron chi connectivity index (χ1n) is 9.08. The number of hydrogen-bond donors (Lipinski definition) is 2. The van der Waals surface area contributed by atoms with E-state index in [4.69, 9.17) is 4.74 Å². The number of carbonyl (C=O) groups is 2. The van der Waals surface area contributed by atoms with Crippen LogP contribution < -0.4 is 10.6 Å². The fourth-order valence-corrected chi connectivity index (χ4v) is 4.54. The van der Waals surface area contributed by atoms with E-state index < -0.39 is 33.9 Å². The molecule has 1 atom stereocenters. The van der Waals surface area contributed by atoms with Crippen molar-refractivity contribution in [1.82, 2.24) is 14.9 Å². The van der Waals surface area contributed by atoms with Crippen LogP contribution in [0.1, 0.15) is 25.8 Å². The first-order chi connectivity index (χ1) is 13.1. The minimum atomic E-state index is -3.96. The number of hydrogen-bond acceptors (Lipinski definition) is 5. The van der Waals surface area contributed by atoms with E-state index >= 15 is 0 Å². The summed E-state index contributed by atoms with van der Waals surface area (Å²) in [6.07, 6.45) is -0.469. The maximum absolute atomic E-state index is 13.3. The SMILES string of the molecule is Cc1cc(F)ccc1S(=O)(=O)N1CCCOC1CNC(=O)C(=O)NCC(C)C. The van der Waals surface area contributed by atoms with Gasteiger partial charge in [0.2, 0.25) is 10.0 Å². The molecule has 1 fully saturated rings. The Morgan fingerprint density at radius 1 is 1.29 bits per heavy atom. The Hall–Kier alpha value is -2.04. The lowest BCUT2D eigenvalue weighted by molar-refractivity contribution is -0.140. The number of benzene rings is 1. The standard InChI is InChI=1S/C18H26FN3O5S/c1-12(2)10-20-17(23)18(24)21-11-16-22(7-4-8-27-16)28(25,26)15-6-5-14(19)9-13(15)3/h5-6,9,12,16H,4,7-8,10-11H2,1-3H3,(H,20,23)(H,21,24). The normalized spacial score (nSPS) is 18.1. The van der Waals surface area contributed by atoms with Crippen molar-refractivity contribution in [2.75, 3.05) is 26.2 Å². The molecule has 0 spiro atoms. The molecule has 1 aromatic carbocycles. The number of rotatable bonds is 6. The summed E-state index contributed by atoms with van der Waals surface area (Å²) in [6.45, 7) is 6.01. The Bertz CT molecular complexity index is 829. The molecule has 0 saturated carbocycles. The highest BCUT2D eigenvalue weighted by Gasteiger charge is 2.35. The van der Waals surface area contributed by atoms with Crippen LogP contribution in [0.2, 0.25) is 0 Å². The zero-order chi connectivity index (χ0) is 20.9. The van der Waals surface area contributed by atoms with Crippen molar-refractivity contribution in [3.8, 4) is 0 Å². The average molecular weight is 415 g/mol. The van der Waals surface area contributed by atoms with Gasteiger partial charge in [-0.1, -0.05) is 13.8 Å². The Morgan fingerprint density at radius 3 is 2.61 bits per heavy atom. The van der Waals surface area contributed by atoms with Crippen molar-refractivity contribution >= 4 is 21.8 Å². The van der Waals surface area contributed by atoms with Gasteiger partial charge in [-0.05, 0) is 43.0 Å². The molecule has 0 aliphatic carbocycles. The van der Waals surface area contributed by atoms with Crippen LogP contribution in [0.3, 0.4) is 0 Å². The Balaban J connectivity index is 2.09. The summed E-state index contributed by atoms with van der Waals surface area (Å²) >= 11 is 0. The number of ether oxygens (including phenoxy) is 1. The smallest absolute Gasteiger partial charge is 0.309 e. The third-order valence-corrected chi connectivity index (χ3v) is 6.24. The van der Waals surface area contributed by atoms with Crippen LogP contribution in [0.15, 0.2) is 23.1 Å². The van der Waals surface area contributed by atoms with E-state index in [-0.39, 0.29) is 29.5 Å². The summed E-state index contributed by atoms with van der Waals surface area (Å²) in [5.74, 6) is -1.97. The monoisotopic (exact) mass is 415 g/mol. The van der Waals surface area contributed by atoms with Gasteiger partial charge in [-0.15, -0.1) is 0 Å². The van der Waals surface area contributed by atoms with E-state index in [0.29, 0.717) is 19.6 Å². The van der Waals surface area contributed by atoms with Gasteiger partial charge in [0.05, 0.1) is 18.0 Å². The summed E-state index contributed by atoms with van der Waals surface area (Å²) < 4.78 is 46.0. The summed E-state index contributed by atoms with van der Waals surface area (Å²) in [5.41, 5.74) is 0.279. The first-order valence-corrected chi connectivity index (χ1v) is 10.5. The molecule has 2 amide bonds. The second-order valence-electron chi connectivity index (χ2n) is 7.02. The van der Waals surface area contributed by atoms with Crippen LogP contribution >= 0.6 is 0 Å². The number of nitrogens with one attached hydrogen (secondary N) is 2. The minimum Gasteiger partial charge on any atom is -0.360 e. The zero-order valence-electron chi connectivity index (χ0n) is 16.2. The summed E-state index contributed by atoms with van der Waals surface area (Å²) in [5, 5.41) is 4.90. The van der Waals surface area contributed by atoms with Crippen molar-refractivity contribution in [2.45, 2.75) is 38.3 Å². The van der Waals surface area contributed by atoms with Gasteiger partial charge < -0.3 is 15.4 Å². The Kier molecular flexibility index (Phi) is 7.50. The molecule has 1 heterocycles. The van der Waals surface area contributed by atoms with Gasteiger partial charge in [-0.2, -0.15) is 4.31 Å². The molecule has 0 bridgehead atoms. The van der Waals surface area contributed by atoms with Gasteiger partial charge in [0.1, 0.15) is 12.0 Å². The van der Waals surface area contributed by atoms with Crippen LogP contribution in [0.4, 0.5) is 4.39 Å². The highest BCUT2D eigenvalue weighted by molar-refractivity contribution is 7.89. The van der Waals surface area contributed by atoms with Crippen molar-refractivity contribution in [2.24, 2.45) is 5.92 Å². The molecule has 1 saturated heterocycles. The summed E-state index contributed by atoms with van der Waals surface area (Å²) in [7, 11) is -3.96. The van der Waals surface area contributed by atoms with Gasteiger partial charge in [0.25, 0.3) is 0 Å². The molecule has 1 aliphatic heterocycles. The number of amides is 2. The average Bonchev–Trinajstić information content (AvgIpc) is 2.63. The maximum Gasteiger partial charge on any atom is 0.309 e. The van der Waals surface area contributed by atoms with E-state index in [0.717, 1.165) is 16.4 Å². The van der Waals surface area contributed by atoms with Crippen molar-refractivity contribution < 1.29 is 27.1 Å². The minimum absolute atomic E-state index is 0.0228. The molecular formula is C18H26FN3O5S. The van der Waals surface area contributed by atoms with Crippen LogP contribution in [0.5, 0.6) is 0 Å². The molecule has 0 radical (unpaired) electrons. The maximum atomic E-state index is 13.3. The molecule has 28 heavy (non-hydrogen) atoms. The van der Waals surface area contributed by atoms with E-state index in [1.165, 1.54) is 13.0 Å². The Morgan fingerprint density at radius 2 is 1.96 bits per heavy atom. The summed E-state index contributed by atoms with van der Waals surface area (Å²) in [4.78, 5) is 23.7. The predicted molar refractivity (Wildman–Crippen MR) is 100 cm³/mol. The van der Waals surface area contributed by atoms with Gasteiger partial charge >= 0.3 is 11.8 Å².